The summed E-state index contributed by atoms with van der Waals surface area (Å²) in [6, 6.07) is 14.5. The second-order valence-electron chi connectivity index (χ2n) is 4.91. The van der Waals surface area contributed by atoms with E-state index in [2.05, 4.69) is 4.99 Å². The molecule has 0 spiro atoms. The predicted octanol–water partition coefficient (Wildman–Crippen LogP) is 4.00. The highest BCUT2D eigenvalue weighted by atomic mass is 32.1. The van der Waals surface area contributed by atoms with Crippen LogP contribution in [-0.4, -0.2) is 10.5 Å². The summed E-state index contributed by atoms with van der Waals surface area (Å²) >= 11 is 1.31. The molecule has 0 radical (unpaired) electrons. The maximum Gasteiger partial charge on any atom is 0.272 e. The molecule has 3 nitrogen and oxygen atoms in total. The lowest BCUT2D eigenvalue weighted by atomic mass is 10.2. The van der Waals surface area contributed by atoms with E-state index in [1.807, 2.05) is 43.3 Å². The lowest BCUT2D eigenvalue weighted by molar-refractivity contribution is -0.113. The molecule has 2 aromatic carbocycles. The Hall–Kier alpha value is -2.53. The van der Waals surface area contributed by atoms with Crippen LogP contribution in [-0.2, 0) is 11.3 Å². The highest BCUT2D eigenvalue weighted by Gasteiger charge is 2.09. The van der Waals surface area contributed by atoms with Crippen LogP contribution in [0.15, 0.2) is 59.6 Å². The zero-order valence-corrected chi connectivity index (χ0v) is 13.4. The SMILES string of the molecule is CCn1c(=NC(=O)/C=C/c2ccccc2)sc2cccc(F)c21. The number of amides is 1. The number of benzene rings is 2. The predicted molar refractivity (Wildman–Crippen MR) is 91.5 cm³/mol. The van der Waals surface area contributed by atoms with Crippen LogP contribution in [0.2, 0.25) is 0 Å². The van der Waals surface area contributed by atoms with Crippen LogP contribution in [0, 0.1) is 5.82 Å². The van der Waals surface area contributed by atoms with E-state index >= 15 is 0 Å². The molecule has 0 aliphatic rings. The summed E-state index contributed by atoms with van der Waals surface area (Å²) in [7, 11) is 0. The number of nitrogens with zero attached hydrogens (tertiary/aromatic N) is 2. The second-order valence-corrected chi connectivity index (χ2v) is 5.92. The molecule has 0 bridgehead atoms. The van der Waals surface area contributed by atoms with Gasteiger partial charge in [0.25, 0.3) is 5.91 Å². The summed E-state index contributed by atoms with van der Waals surface area (Å²) < 4.78 is 16.5. The van der Waals surface area contributed by atoms with Crippen LogP contribution in [0.1, 0.15) is 12.5 Å². The Morgan fingerprint density at radius 1 is 1.22 bits per heavy atom. The van der Waals surface area contributed by atoms with Crippen molar-refractivity contribution in [1.82, 2.24) is 4.57 Å². The molecule has 0 saturated heterocycles. The Kier molecular flexibility index (Phi) is 4.48. The largest absolute Gasteiger partial charge is 0.314 e. The van der Waals surface area contributed by atoms with Gasteiger partial charge in [-0.15, -0.1) is 0 Å². The average molecular weight is 326 g/mol. The average Bonchev–Trinajstić information content (AvgIpc) is 2.92. The summed E-state index contributed by atoms with van der Waals surface area (Å²) in [5.74, 6) is -0.655. The standard InChI is InChI=1S/C18H15FN2OS/c1-2-21-17-14(19)9-6-10-15(17)23-18(21)20-16(22)12-11-13-7-4-3-5-8-13/h3-12H,2H2,1H3/b12-11+,20-18?. The van der Waals surface area contributed by atoms with Gasteiger partial charge in [-0.2, -0.15) is 4.99 Å². The minimum atomic E-state index is -0.358. The first kappa shape index (κ1) is 15.4. The van der Waals surface area contributed by atoms with Crippen molar-refractivity contribution in [2.75, 3.05) is 0 Å². The van der Waals surface area contributed by atoms with Crippen molar-refractivity contribution in [3.05, 3.63) is 70.8 Å². The van der Waals surface area contributed by atoms with Crippen LogP contribution in [0.25, 0.3) is 16.3 Å². The molecule has 3 rings (SSSR count). The van der Waals surface area contributed by atoms with E-state index in [0.29, 0.717) is 16.9 Å². The van der Waals surface area contributed by atoms with E-state index in [4.69, 9.17) is 0 Å². The van der Waals surface area contributed by atoms with Crippen molar-refractivity contribution < 1.29 is 9.18 Å². The Labute approximate surface area is 137 Å². The lowest BCUT2D eigenvalue weighted by Gasteiger charge is -2.00. The first-order valence-corrected chi connectivity index (χ1v) is 8.10. The van der Waals surface area contributed by atoms with E-state index in [0.717, 1.165) is 10.3 Å². The number of halogens is 1. The van der Waals surface area contributed by atoms with Gasteiger partial charge in [0.1, 0.15) is 5.82 Å². The third kappa shape index (κ3) is 3.29. The molecule has 0 saturated carbocycles. The monoisotopic (exact) mass is 326 g/mol. The summed E-state index contributed by atoms with van der Waals surface area (Å²) in [5, 5.41) is 0. The first-order chi connectivity index (χ1) is 11.2. The van der Waals surface area contributed by atoms with Gasteiger partial charge in [-0.3, -0.25) is 4.79 Å². The normalized spacial score (nSPS) is 12.3. The molecule has 0 aliphatic carbocycles. The maximum absolute atomic E-state index is 14.0. The summed E-state index contributed by atoms with van der Waals surface area (Å²) in [6.07, 6.45) is 3.14. The highest BCUT2D eigenvalue weighted by Crippen LogP contribution is 2.20. The van der Waals surface area contributed by atoms with Crippen LogP contribution >= 0.6 is 11.3 Å². The minimum Gasteiger partial charge on any atom is -0.314 e. The zero-order valence-electron chi connectivity index (χ0n) is 12.6. The number of hydrogen-bond acceptors (Lipinski definition) is 2. The van der Waals surface area contributed by atoms with Gasteiger partial charge in [-0.1, -0.05) is 47.7 Å². The smallest absolute Gasteiger partial charge is 0.272 e. The van der Waals surface area contributed by atoms with Crippen molar-refractivity contribution in [1.29, 1.82) is 0 Å². The fraction of sp³-hybridized carbons (Fsp3) is 0.111. The van der Waals surface area contributed by atoms with E-state index in [-0.39, 0.29) is 11.7 Å². The van der Waals surface area contributed by atoms with Crippen LogP contribution in [0.4, 0.5) is 4.39 Å². The molecular weight excluding hydrogens is 311 g/mol. The van der Waals surface area contributed by atoms with Gasteiger partial charge >= 0.3 is 0 Å². The Balaban J connectivity index is 1.99. The molecule has 0 N–H and O–H groups in total. The molecule has 5 heteroatoms. The molecule has 0 unspecified atom stereocenters. The van der Waals surface area contributed by atoms with E-state index < -0.39 is 0 Å². The van der Waals surface area contributed by atoms with Gasteiger partial charge in [-0.25, -0.2) is 4.39 Å². The molecule has 1 aromatic heterocycles. The van der Waals surface area contributed by atoms with Crippen molar-refractivity contribution in [2.45, 2.75) is 13.5 Å². The van der Waals surface area contributed by atoms with Gasteiger partial charge in [0.2, 0.25) is 0 Å². The van der Waals surface area contributed by atoms with Gasteiger partial charge in [0.15, 0.2) is 4.80 Å². The molecule has 116 valence electrons. The zero-order chi connectivity index (χ0) is 16.2. The Morgan fingerprint density at radius 3 is 2.74 bits per heavy atom. The molecule has 0 aliphatic heterocycles. The lowest BCUT2D eigenvalue weighted by Crippen LogP contribution is -2.15. The van der Waals surface area contributed by atoms with Crippen molar-refractivity contribution in [3.63, 3.8) is 0 Å². The van der Waals surface area contributed by atoms with Crippen molar-refractivity contribution >= 4 is 33.5 Å². The molecule has 1 amide bonds. The number of para-hydroxylation sites is 1. The van der Waals surface area contributed by atoms with Crippen LogP contribution in [0.3, 0.4) is 0 Å². The van der Waals surface area contributed by atoms with Gasteiger partial charge in [0, 0.05) is 12.6 Å². The van der Waals surface area contributed by atoms with E-state index in [1.54, 1.807) is 16.7 Å². The Morgan fingerprint density at radius 2 is 2.00 bits per heavy atom. The number of carbonyl (C=O) groups excluding carboxylic acids is 1. The summed E-state index contributed by atoms with van der Waals surface area (Å²) in [5.41, 5.74) is 1.43. The second kappa shape index (κ2) is 6.71. The van der Waals surface area contributed by atoms with Gasteiger partial charge in [-0.05, 0) is 30.7 Å². The molecule has 23 heavy (non-hydrogen) atoms. The molecule has 1 heterocycles. The van der Waals surface area contributed by atoms with Crippen molar-refractivity contribution in [2.24, 2.45) is 4.99 Å². The van der Waals surface area contributed by atoms with Gasteiger partial charge in [0.05, 0.1) is 10.2 Å². The Bertz CT molecular complexity index is 939. The van der Waals surface area contributed by atoms with Crippen LogP contribution < -0.4 is 4.80 Å². The van der Waals surface area contributed by atoms with Crippen LogP contribution in [0.5, 0.6) is 0 Å². The molecule has 3 aromatic rings. The van der Waals surface area contributed by atoms with Crippen molar-refractivity contribution in [3.8, 4) is 0 Å². The molecule has 0 fully saturated rings. The number of hydrogen-bond donors (Lipinski definition) is 0. The third-order valence-corrected chi connectivity index (χ3v) is 4.44. The number of aromatic nitrogens is 1. The molecule has 0 atom stereocenters. The quantitative estimate of drug-likeness (QED) is 0.670. The highest BCUT2D eigenvalue weighted by molar-refractivity contribution is 7.16. The minimum absolute atomic E-state index is 0.297. The number of carbonyl (C=O) groups is 1. The van der Waals surface area contributed by atoms with E-state index in [9.17, 15) is 9.18 Å². The number of rotatable bonds is 3. The third-order valence-electron chi connectivity index (χ3n) is 3.39. The topological polar surface area (TPSA) is 34.4 Å². The summed E-state index contributed by atoms with van der Waals surface area (Å²) in [6.45, 7) is 2.46. The first-order valence-electron chi connectivity index (χ1n) is 7.28. The number of thiazole rings is 1. The summed E-state index contributed by atoms with van der Waals surface area (Å²) in [4.78, 5) is 16.7. The molecular formula is C18H15FN2OS. The maximum atomic E-state index is 14.0. The number of aryl methyl sites for hydroxylation is 1. The van der Waals surface area contributed by atoms with E-state index in [1.165, 1.54) is 23.5 Å². The number of fused-ring (bicyclic) bond motifs is 1. The fourth-order valence-electron chi connectivity index (χ4n) is 2.33. The fourth-order valence-corrected chi connectivity index (χ4v) is 3.44. The van der Waals surface area contributed by atoms with Gasteiger partial charge < -0.3 is 4.57 Å².